The Bertz CT molecular complexity index is 555. The predicted octanol–water partition coefficient (Wildman–Crippen LogP) is 3.26. The summed E-state index contributed by atoms with van der Waals surface area (Å²) < 4.78 is 0. The van der Waals surface area contributed by atoms with E-state index in [2.05, 4.69) is 22.4 Å². The Morgan fingerprint density at radius 1 is 1.26 bits per heavy atom. The molecule has 2 rings (SSSR count). The predicted molar refractivity (Wildman–Crippen MR) is 78.6 cm³/mol. The Morgan fingerprint density at radius 3 is 2.58 bits per heavy atom. The van der Waals surface area contributed by atoms with Gasteiger partial charge in [0.2, 0.25) is 0 Å². The minimum Gasteiger partial charge on any atom is -0.346 e. The number of carbonyl (C=O) groups is 1. The number of rotatable bonds is 3. The lowest BCUT2D eigenvalue weighted by molar-refractivity contribution is 0.0915. The number of carbonyl (C=O) groups excluding carboxylic acids is 1. The van der Waals surface area contributed by atoms with Crippen molar-refractivity contribution < 1.29 is 4.79 Å². The molecular formula is C15H18N2OS. The largest absolute Gasteiger partial charge is 0.346 e. The Morgan fingerprint density at radius 2 is 1.95 bits per heavy atom. The van der Waals surface area contributed by atoms with Crippen LogP contribution in [-0.4, -0.2) is 16.4 Å². The fraction of sp³-hybridized carbons (Fsp3) is 0.333. The van der Waals surface area contributed by atoms with E-state index in [9.17, 15) is 4.79 Å². The fourth-order valence-corrected chi connectivity index (χ4v) is 2.48. The Kier molecular flexibility index (Phi) is 4.00. The first-order valence-corrected chi connectivity index (χ1v) is 7.13. The van der Waals surface area contributed by atoms with E-state index >= 15 is 0 Å². The van der Waals surface area contributed by atoms with Crippen LogP contribution < -0.4 is 5.32 Å². The SMILES string of the molecule is CC(C)(C)NC(=O)c1csc(Cc2ccccc2)n1. The molecule has 100 valence electrons. The summed E-state index contributed by atoms with van der Waals surface area (Å²) in [6.45, 7) is 5.88. The number of amides is 1. The molecule has 19 heavy (non-hydrogen) atoms. The highest BCUT2D eigenvalue weighted by Crippen LogP contribution is 2.15. The molecule has 0 saturated carbocycles. The van der Waals surface area contributed by atoms with Crippen molar-refractivity contribution in [3.8, 4) is 0 Å². The van der Waals surface area contributed by atoms with Crippen LogP contribution in [0.2, 0.25) is 0 Å². The summed E-state index contributed by atoms with van der Waals surface area (Å²) >= 11 is 1.53. The van der Waals surface area contributed by atoms with Crippen molar-refractivity contribution in [1.29, 1.82) is 0 Å². The molecule has 0 atom stereocenters. The van der Waals surface area contributed by atoms with Gasteiger partial charge in [-0.05, 0) is 26.3 Å². The summed E-state index contributed by atoms with van der Waals surface area (Å²) in [4.78, 5) is 16.4. The third-order valence-corrected chi connectivity index (χ3v) is 3.32. The summed E-state index contributed by atoms with van der Waals surface area (Å²) in [5, 5.41) is 5.70. The van der Waals surface area contributed by atoms with Crippen molar-refractivity contribution in [2.45, 2.75) is 32.7 Å². The number of hydrogen-bond donors (Lipinski definition) is 1. The molecule has 4 heteroatoms. The van der Waals surface area contributed by atoms with E-state index in [0.717, 1.165) is 11.4 Å². The zero-order chi connectivity index (χ0) is 13.9. The van der Waals surface area contributed by atoms with Gasteiger partial charge in [-0.15, -0.1) is 11.3 Å². The van der Waals surface area contributed by atoms with Crippen molar-refractivity contribution in [1.82, 2.24) is 10.3 Å². The van der Waals surface area contributed by atoms with Crippen LogP contribution in [0.15, 0.2) is 35.7 Å². The molecule has 0 fully saturated rings. The number of aromatic nitrogens is 1. The molecule has 1 aromatic carbocycles. The van der Waals surface area contributed by atoms with E-state index in [-0.39, 0.29) is 11.4 Å². The van der Waals surface area contributed by atoms with Gasteiger partial charge < -0.3 is 5.32 Å². The standard InChI is InChI=1S/C15H18N2OS/c1-15(2,3)17-14(18)12-10-19-13(16-12)9-11-7-5-4-6-8-11/h4-8,10H,9H2,1-3H3,(H,17,18). The zero-order valence-electron chi connectivity index (χ0n) is 11.4. The van der Waals surface area contributed by atoms with Crippen LogP contribution in [0.3, 0.4) is 0 Å². The van der Waals surface area contributed by atoms with Crippen LogP contribution in [0.5, 0.6) is 0 Å². The highest BCUT2D eigenvalue weighted by molar-refractivity contribution is 7.09. The van der Waals surface area contributed by atoms with Crippen LogP contribution in [0.4, 0.5) is 0 Å². The van der Waals surface area contributed by atoms with Gasteiger partial charge in [-0.25, -0.2) is 4.98 Å². The lowest BCUT2D eigenvalue weighted by Gasteiger charge is -2.19. The third-order valence-electron chi connectivity index (χ3n) is 2.47. The van der Waals surface area contributed by atoms with Crippen molar-refractivity contribution in [2.24, 2.45) is 0 Å². The molecule has 1 amide bonds. The van der Waals surface area contributed by atoms with Crippen LogP contribution in [0.25, 0.3) is 0 Å². The van der Waals surface area contributed by atoms with Gasteiger partial charge in [-0.1, -0.05) is 30.3 Å². The average molecular weight is 274 g/mol. The molecule has 0 saturated heterocycles. The lowest BCUT2D eigenvalue weighted by atomic mass is 10.1. The third kappa shape index (κ3) is 4.17. The van der Waals surface area contributed by atoms with Crippen molar-refractivity contribution in [3.05, 3.63) is 52.0 Å². The van der Waals surface area contributed by atoms with E-state index in [1.807, 2.05) is 44.4 Å². The smallest absolute Gasteiger partial charge is 0.271 e. The van der Waals surface area contributed by atoms with Crippen molar-refractivity contribution in [3.63, 3.8) is 0 Å². The first kappa shape index (κ1) is 13.7. The van der Waals surface area contributed by atoms with E-state index in [1.165, 1.54) is 16.9 Å². The monoisotopic (exact) mass is 274 g/mol. The van der Waals surface area contributed by atoms with Gasteiger partial charge >= 0.3 is 0 Å². The first-order valence-electron chi connectivity index (χ1n) is 6.25. The molecule has 2 aromatic rings. The van der Waals surface area contributed by atoms with Gasteiger partial charge in [0.25, 0.3) is 5.91 Å². The number of nitrogens with one attached hydrogen (secondary N) is 1. The van der Waals surface area contributed by atoms with Crippen LogP contribution >= 0.6 is 11.3 Å². The van der Waals surface area contributed by atoms with Crippen molar-refractivity contribution in [2.75, 3.05) is 0 Å². The minimum absolute atomic E-state index is 0.108. The normalized spacial score (nSPS) is 11.3. The molecule has 0 bridgehead atoms. The topological polar surface area (TPSA) is 42.0 Å². The highest BCUT2D eigenvalue weighted by atomic mass is 32.1. The van der Waals surface area contributed by atoms with E-state index in [1.54, 1.807) is 0 Å². The molecule has 0 aliphatic rings. The summed E-state index contributed by atoms with van der Waals surface area (Å²) in [5.41, 5.74) is 1.48. The number of benzene rings is 1. The van der Waals surface area contributed by atoms with Gasteiger partial charge in [0.05, 0.1) is 5.01 Å². The van der Waals surface area contributed by atoms with Gasteiger partial charge in [0.15, 0.2) is 0 Å². The molecule has 0 spiro atoms. The Labute approximate surface area is 117 Å². The van der Waals surface area contributed by atoms with Crippen LogP contribution in [0.1, 0.15) is 41.8 Å². The zero-order valence-corrected chi connectivity index (χ0v) is 12.3. The second-order valence-corrected chi connectivity index (χ2v) is 6.44. The van der Waals surface area contributed by atoms with Gasteiger partial charge in [0, 0.05) is 17.3 Å². The summed E-state index contributed by atoms with van der Waals surface area (Å²) in [5.74, 6) is -0.108. The summed E-state index contributed by atoms with van der Waals surface area (Å²) in [6, 6.07) is 10.1. The summed E-state index contributed by atoms with van der Waals surface area (Å²) in [6.07, 6.45) is 0.772. The second kappa shape index (κ2) is 5.53. The first-order chi connectivity index (χ1) is 8.94. The minimum atomic E-state index is -0.236. The number of hydrogen-bond acceptors (Lipinski definition) is 3. The molecule has 0 unspecified atom stereocenters. The van der Waals surface area contributed by atoms with E-state index in [4.69, 9.17) is 0 Å². The van der Waals surface area contributed by atoms with Gasteiger partial charge in [0.1, 0.15) is 5.69 Å². The molecule has 0 aliphatic heterocycles. The number of nitrogens with zero attached hydrogens (tertiary/aromatic N) is 1. The Balaban J connectivity index is 2.05. The van der Waals surface area contributed by atoms with E-state index < -0.39 is 0 Å². The molecule has 3 nitrogen and oxygen atoms in total. The van der Waals surface area contributed by atoms with Gasteiger partial charge in [-0.3, -0.25) is 4.79 Å². The molecule has 1 heterocycles. The fourth-order valence-electron chi connectivity index (χ4n) is 1.67. The Hall–Kier alpha value is -1.68. The highest BCUT2D eigenvalue weighted by Gasteiger charge is 2.17. The molecule has 0 radical (unpaired) electrons. The lowest BCUT2D eigenvalue weighted by Crippen LogP contribution is -2.40. The quantitative estimate of drug-likeness (QED) is 0.933. The molecule has 1 aromatic heterocycles. The summed E-state index contributed by atoms with van der Waals surface area (Å²) in [7, 11) is 0. The molecular weight excluding hydrogens is 256 g/mol. The van der Waals surface area contributed by atoms with Crippen LogP contribution in [0, 0.1) is 0 Å². The molecule has 1 N–H and O–H groups in total. The van der Waals surface area contributed by atoms with Crippen molar-refractivity contribution >= 4 is 17.2 Å². The van der Waals surface area contributed by atoms with Gasteiger partial charge in [-0.2, -0.15) is 0 Å². The maximum atomic E-state index is 12.0. The number of thiazole rings is 1. The maximum Gasteiger partial charge on any atom is 0.271 e. The maximum absolute atomic E-state index is 12.0. The van der Waals surface area contributed by atoms with Crippen LogP contribution in [-0.2, 0) is 6.42 Å². The molecule has 0 aliphatic carbocycles. The average Bonchev–Trinajstić information content (AvgIpc) is 2.77. The second-order valence-electron chi connectivity index (χ2n) is 5.49. The van der Waals surface area contributed by atoms with E-state index in [0.29, 0.717) is 5.69 Å².